The summed E-state index contributed by atoms with van der Waals surface area (Å²) in [7, 11) is 0. The van der Waals surface area contributed by atoms with Crippen LogP contribution in [0.5, 0.6) is 0 Å². The molecule has 0 aliphatic carbocycles. The number of rotatable bonds is 6. The van der Waals surface area contributed by atoms with Crippen molar-refractivity contribution in [2.24, 2.45) is 0 Å². The summed E-state index contributed by atoms with van der Waals surface area (Å²) in [5.41, 5.74) is 0.982. The summed E-state index contributed by atoms with van der Waals surface area (Å²) in [4.78, 5) is 22.2. The number of carbonyl (C=O) groups excluding carboxylic acids is 1. The molecule has 1 unspecified atom stereocenters. The molecule has 1 atom stereocenters. The van der Waals surface area contributed by atoms with Crippen LogP contribution in [-0.4, -0.2) is 29.7 Å². The molecule has 0 saturated carbocycles. The lowest BCUT2D eigenvalue weighted by atomic mass is 10.0. The molecular formula is C16H16FNO3. The number of aryl methyl sites for hydroxylation is 1. The minimum Gasteiger partial charge on any atom is -0.480 e. The quantitative estimate of drug-likeness (QED) is 0.857. The van der Waals surface area contributed by atoms with Crippen molar-refractivity contribution < 1.29 is 19.1 Å². The molecule has 2 rings (SSSR count). The second kappa shape index (κ2) is 6.83. The fourth-order valence-corrected chi connectivity index (χ4v) is 2.08. The standard InChI is InChI=1S/C16H16FNO3/c17-10-14(16(20)21)18-15(19)8-6-11-5-7-12-3-1-2-4-13(12)9-11/h1-5,7,9,14H,6,8,10H2,(H,18,19)(H,20,21). The normalized spacial score (nSPS) is 12.0. The van der Waals surface area contributed by atoms with E-state index in [0.717, 1.165) is 16.3 Å². The molecule has 0 heterocycles. The maximum Gasteiger partial charge on any atom is 0.328 e. The van der Waals surface area contributed by atoms with Gasteiger partial charge in [-0.25, -0.2) is 9.18 Å². The maximum atomic E-state index is 12.4. The van der Waals surface area contributed by atoms with Gasteiger partial charge in [0.1, 0.15) is 6.67 Å². The third-order valence-corrected chi connectivity index (χ3v) is 3.24. The summed E-state index contributed by atoms with van der Waals surface area (Å²) in [6.07, 6.45) is 0.609. The van der Waals surface area contributed by atoms with Crippen LogP contribution >= 0.6 is 0 Å². The molecule has 2 aromatic rings. The molecule has 2 N–H and O–H groups in total. The van der Waals surface area contributed by atoms with Gasteiger partial charge in [-0.2, -0.15) is 0 Å². The number of hydrogen-bond donors (Lipinski definition) is 2. The zero-order chi connectivity index (χ0) is 15.2. The molecule has 1 amide bonds. The lowest BCUT2D eigenvalue weighted by Crippen LogP contribution is -2.42. The van der Waals surface area contributed by atoms with E-state index in [0.29, 0.717) is 6.42 Å². The number of hydrogen-bond acceptors (Lipinski definition) is 2. The van der Waals surface area contributed by atoms with Gasteiger partial charge in [0.15, 0.2) is 6.04 Å². The van der Waals surface area contributed by atoms with Gasteiger partial charge in [0.25, 0.3) is 0 Å². The van der Waals surface area contributed by atoms with Gasteiger partial charge in [-0.15, -0.1) is 0 Å². The first-order valence-electron chi connectivity index (χ1n) is 6.66. The van der Waals surface area contributed by atoms with Crippen molar-refractivity contribution in [1.82, 2.24) is 5.32 Å². The highest BCUT2D eigenvalue weighted by Gasteiger charge is 2.19. The van der Waals surface area contributed by atoms with E-state index in [2.05, 4.69) is 5.32 Å². The Morgan fingerprint density at radius 2 is 1.86 bits per heavy atom. The largest absolute Gasteiger partial charge is 0.480 e. The van der Waals surface area contributed by atoms with Gasteiger partial charge in [-0.3, -0.25) is 4.79 Å². The highest BCUT2D eigenvalue weighted by Crippen LogP contribution is 2.16. The SMILES string of the molecule is O=C(CCc1ccc2ccccc2c1)NC(CF)C(=O)O. The second-order valence-electron chi connectivity index (χ2n) is 4.79. The molecule has 0 fully saturated rings. The fraction of sp³-hybridized carbons (Fsp3) is 0.250. The molecule has 21 heavy (non-hydrogen) atoms. The highest BCUT2D eigenvalue weighted by molar-refractivity contribution is 5.85. The average molecular weight is 289 g/mol. The number of nitrogens with one attached hydrogen (secondary N) is 1. The Kier molecular flexibility index (Phi) is 4.87. The monoisotopic (exact) mass is 289 g/mol. The fourth-order valence-electron chi connectivity index (χ4n) is 2.08. The Morgan fingerprint density at radius 3 is 2.52 bits per heavy atom. The van der Waals surface area contributed by atoms with Crippen LogP contribution in [0.15, 0.2) is 42.5 Å². The Morgan fingerprint density at radius 1 is 1.14 bits per heavy atom. The van der Waals surface area contributed by atoms with Gasteiger partial charge in [0, 0.05) is 6.42 Å². The maximum absolute atomic E-state index is 12.4. The van der Waals surface area contributed by atoms with Crippen molar-refractivity contribution in [1.29, 1.82) is 0 Å². The Bertz CT molecular complexity index is 657. The van der Waals surface area contributed by atoms with Crippen LogP contribution in [0.3, 0.4) is 0 Å². The van der Waals surface area contributed by atoms with Crippen LogP contribution in [0, 0.1) is 0 Å². The molecule has 4 nitrogen and oxygen atoms in total. The number of amides is 1. The first-order valence-corrected chi connectivity index (χ1v) is 6.66. The summed E-state index contributed by atoms with van der Waals surface area (Å²) in [5, 5.41) is 13.0. The van der Waals surface area contributed by atoms with Crippen LogP contribution in [0.1, 0.15) is 12.0 Å². The topological polar surface area (TPSA) is 66.4 Å². The van der Waals surface area contributed by atoms with Gasteiger partial charge in [0.05, 0.1) is 0 Å². The lowest BCUT2D eigenvalue weighted by Gasteiger charge is -2.10. The van der Waals surface area contributed by atoms with E-state index in [1.807, 2.05) is 42.5 Å². The minimum absolute atomic E-state index is 0.127. The highest BCUT2D eigenvalue weighted by atomic mass is 19.1. The van der Waals surface area contributed by atoms with Crippen molar-refractivity contribution in [2.75, 3.05) is 6.67 Å². The zero-order valence-corrected chi connectivity index (χ0v) is 11.4. The predicted octanol–water partition coefficient (Wildman–Crippen LogP) is 2.31. The molecular weight excluding hydrogens is 273 g/mol. The Balaban J connectivity index is 1.95. The number of carboxylic acid groups (broad SMARTS) is 1. The summed E-state index contributed by atoms with van der Waals surface area (Å²) in [6.45, 7) is -1.11. The number of benzene rings is 2. The Hall–Kier alpha value is -2.43. The summed E-state index contributed by atoms with van der Waals surface area (Å²) in [6, 6.07) is 12.3. The molecule has 0 saturated heterocycles. The molecule has 110 valence electrons. The van der Waals surface area contributed by atoms with E-state index in [9.17, 15) is 14.0 Å². The van der Waals surface area contributed by atoms with Crippen molar-refractivity contribution in [2.45, 2.75) is 18.9 Å². The number of aliphatic carboxylic acids is 1. The molecule has 0 aliphatic rings. The van der Waals surface area contributed by atoms with Crippen LogP contribution in [-0.2, 0) is 16.0 Å². The van der Waals surface area contributed by atoms with Gasteiger partial charge in [-0.05, 0) is 22.8 Å². The van der Waals surface area contributed by atoms with Gasteiger partial charge < -0.3 is 10.4 Å². The molecule has 2 aromatic carbocycles. The third kappa shape index (κ3) is 4.02. The van der Waals surface area contributed by atoms with Crippen molar-refractivity contribution in [3.63, 3.8) is 0 Å². The molecule has 0 aromatic heterocycles. The first kappa shape index (κ1) is 15.0. The number of carbonyl (C=O) groups is 2. The van der Waals surface area contributed by atoms with E-state index in [1.54, 1.807) is 0 Å². The predicted molar refractivity (Wildman–Crippen MR) is 77.8 cm³/mol. The second-order valence-corrected chi connectivity index (χ2v) is 4.79. The molecule has 0 bridgehead atoms. The summed E-state index contributed by atoms with van der Waals surface area (Å²) in [5.74, 6) is -1.83. The number of alkyl halides is 1. The Labute approximate surface area is 121 Å². The zero-order valence-electron chi connectivity index (χ0n) is 11.4. The van der Waals surface area contributed by atoms with Gasteiger partial charge in [0.2, 0.25) is 5.91 Å². The number of carboxylic acids is 1. The van der Waals surface area contributed by atoms with Crippen LogP contribution < -0.4 is 5.32 Å². The smallest absolute Gasteiger partial charge is 0.328 e. The number of fused-ring (bicyclic) bond motifs is 1. The van der Waals surface area contributed by atoms with Crippen molar-refractivity contribution in [3.05, 3.63) is 48.0 Å². The molecule has 0 radical (unpaired) electrons. The van der Waals surface area contributed by atoms with Crippen LogP contribution in [0.4, 0.5) is 4.39 Å². The number of halogens is 1. The minimum atomic E-state index is -1.46. The summed E-state index contributed by atoms with van der Waals surface area (Å²) >= 11 is 0. The average Bonchev–Trinajstić information content (AvgIpc) is 2.50. The van der Waals surface area contributed by atoms with E-state index in [1.165, 1.54) is 0 Å². The molecule has 0 aliphatic heterocycles. The first-order chi connectivity index (χ1) is 10.1. The third-order valence-electron chi connectivity index (χ3n) is 3.24. The summed E-state index contributed by atoms with van der Waals surface area (Å²) < 4.78 is 12.4. The van der Waals surface area contributed by atoms with Gasteiger partial charge in [-0.1, -0.05) is 42.5 Å². The molecule has 5 heteroatoms. The molecule has 0 spiro atoms. The van der Waals surface area contributed by atoms with E-state index in [-0.39, 0.29) is 6.42 Å². The van der Waals surface area contributed by atoms with Crippen LogP contribution in [0.2, 0.25) is 0 Å². The van der Waals surface area contributed by atoms with Crippen LogP contribution in [0.25, 0.3) is 10.8 Å². The van der Waals surface area contributed by atoms with E-state index >= 15 is 0 Å². The van der Waals surface area contributed by atoms with Crippen molar-refractivity contribution in [3.8, 4) is 0 Å². The lowest BCUT2D eigenvalue weighted by molar-refractivity contribution is -0.142. The van der Waals surface area contributed by atoms with Gasteiger partial charge >= 0.3 is 5.97 Å². The van der Waals surface area contributed by atoms with Crippen molar-refractivity contribution >= 4 is 22.6 Å². The van der Waals surface area contributed by atoms with E-state index in [4.69, 9.17) is 5.11 Å². The van der Waals surface area contributed by atoms with E-state index < -0.39 is 24.6 Å².